The molecule has 4 heteroatoms. The molecule has 2 atom stereocenters. The fourth-order valence-corrected chi connectivity index (χ4v) is 2.81. The second-order valence-electron chi connectivity index (χ2n) is 5.76. The van der Waals surface area contributed by atoms with E-state index in [4.69, 9.17) is 0 Å². The maximum absolute atomic E-state index is 4.58. The fraction of sp³-hybridized carbons (Fsp3) is 0.786. The molecular weight excluding hydrogens is 224 g/mol. The molecule has 0 bridgehead atoms. The van der Waals surface area contributed by atoms with E-state index in [0.717, 1.165) is 19.5 Å². The second kappa shape index (κ2) is 5.31. The van der Waals surface area contributed by atoms with Crippen molar-refractivity contribution < 1.29 is 0 Å². The van der Waals surface area contributed by atoms with Gasteiger partial charge in [-0.25, -0.2) is 0 Å². The molecule has 1 aliphatic rings. The SMILES string of the molecule is CCc1nn(C)cc1N1CC(C)NCC1C(C)C. The molecule has 102 valence electrons. The highest BCUT2D eigenvalue weighted by atomic mass is 15.3. The number of hydrogen-bond acceptors (Lipinski definition) is 3. The van der Waals surface area contributed by atoms with Gasteiger partial charge in [0.05, 0.1) is 11.4 Å². The summed E-state index contributed by atoms with van der Waals surface area (Å²) in [5.74, 6) is 0.648. The van der Waals surface area contributed by atoms with E-state index in [2.05, 4.69) is 49.2 Å². The Hall–Kier alpha value is -1.03. The van der Waals surface area contributed by atoms with Gasteiger partial charge in [-0.2, -0.15) is 5.10 Å². The van der Waals surface area contributed by atoms with Gasteiger partial charge in [0.1, 0.15) is 0 Å². The largest absolute Gasteiger partial charge is 0.363 e. The number of nitrogens with one attached hydrogen (secondary N) is 1. The van der Waals surface area contributed by atoms with Gasteiger partial charge in [0.2, 0.25) is 0 Å². The lowest BCUT2D eigenvalue weighted by Crippen LogP contribution is -2.57. The molecule has 1 N–H and O–H groups in total. The summed E-state index contributed by atoms with van der Waals surface area (Å²) in [6, 6.07) is 1.11. The number of hydrogen-bond donors (Lipinski definition) is 1. The molecular formula is C14H26N4. The highest BCUT2D eigenvalue weighted by Gasteiger charge is 2.30. The van der Waals surface area contributed by atoms with Gasteiger partial charge in [-0.1, -0.05) is 20.8 Å². The lowest BCUT2D eigenvalue weighted by molar-refractivity contribution is 0.348. The third kappa shape index (κ3) is 2.53. The fourth-order valence-electron chi connectivity index (χ4n) is 2.81. The molecule has 0 radical (unpaired) electrons. The molecule has 1 aromatic rings. The Kier molecular flexibility index (Phi) is 3.95. The summed E-state index contributed by atoms with van der Waals surface area (Å²) in [7, 11) is 2.01. The summed E-state index contributed by atoms with van der Waals surface area (Å²) in [4.78, 5) is 2.55. The molecule has 18 heavy (non-hydrogen) atoms. The molecule has 1 fully saturated rings. The van der Waals surface area contributed by atoms with Crippen molar-refractivity contribution in [3.8, 4) is 0 Å². The zero-order valence-electron chi connectivity index (χ0n) is 12.3. The summed E-state index contributed by atoms with van der Waals surface area (Å²) in [6.07, 6.45) is 3.17. The van der Waals surface area contributed by atoms with Crippen LogP contribution < -0.4 is 10.2 Å². The lowest BCUT2D eigenvalue weighted by atomic mass is 9.98. The Labute approximate surface area is 110 Å². The van der Waals surface area contributed by atoms with Crippen LogP contribution in [0.2, 0.25) is 0 Å². The van der Waals surface area contributed by atoms with Crippen LogP contribution in [0.5, 0.6) is 0 Å². The smallest absolute Gasteiger partial charge is 0.0855 e. The first-order chi connectivity index (χ1) is 8.52. The minimum absolute atomic E-state index is 0.546. The highest BCUT2D eigenvalue weighted by molar-refractivity contribution is 5.51. The molecule has 2 unspecified atom stereocenters. The number of anilines is 1. The van der Waals surface area contributed by atoms with Gasteiger partial charge in [-0.05, 0) is 19.3 Å². The van der Waals surface area contributed by atoms with E-state index >= 15 is 0 Å². The normalized spacial score (nSPS) is 24.9. The van der Waals surface area contributed by atoms with Crippen LogP contribution in [-0.2, 0) is 13.5 Å². The van der Waals surface area contributed by atoms with Crippen LogP contribution in [0.1, 0.15) is 33.4 Å². The predicted octanol–water partition coefficient (Wildman–Crippen LogP) is 1.81. The first kappa shape index (κ1) is 13.4. The Morgan fingerprint density at radius 2 is 2.22 bits per heavy atom. The van der Waals surface area contributed by atoms with Crippen LogP contribution in [0.25, 0.3) is 0 Å². The molecule has 4 nitrogen and oxygen atoms in total. The minimum atomic E-state index is 0.546. The maximum Gasteiger partial charge on any atom is 0.0855 e. The summed E-state index contributed by atoms with van der Waals surface area (Å²) in [5.41, 5.74) is 2.55. The Bertz CT molecular complexity index is 396. The van der Waals surface area contributed by atoms with E-state index in [1.54, 1.807) is 0 Å². The van der Waals surface area contributed by atoms with Gasteiger partial charge < -0.3 is 10.2 Å². The van der Waals surface area contributed by atoms with Gasteiger partial charge in [0.25, 0.3) is 0 Å². The summed E-state index contributed by atoms with van der Waals surface area (Å²) in [6.45, 7) is 11.2. The van der Waals surface area contributed by atoms with Crippen molar-refractivity contribution in [3.63, 3.8) is 0 Å². The first-order valence-corrected chi connectivity index (χ1v) is 7.05. The van der Waals surface area contributed by atoms with Crippen LogP contribution in [0.3, 0.4) is 0 Å². The van der Waals surface area contributed by atoms with E-state index in [1.165, 1.54) is 11.4 Å². The number of aryl methyl sites for hydroxylation is 2. The maximum atomic E-state index is 4.58. The van der Waals surface area contributed by atoms with Gasteiger partial charge in [0, 0.05) is 38.4 Å². The molecule has 1 saturated heterocycles. The van der Waals surface area contributed by atoms with E-state index in [1.807, 2.05) is 11.7 Å². The molecule has 2 rings (SSSR count). The first-order valence-electron chi connectivity index (χ1n) is 7.05. The zero-order chi connectivity index (χ0) is 13.3. The summed E-state index contributed by atoms with van der Waals surface area (Å²) < 4.78 is 1.94. The summed E-state index contributed by atoms with van der Waals surface area (Å²) in [5, 5.41) is 8.17. The predicted molar refractivity (Wildman–Crippen MR) is 76.0 cm³/mol. The monoisotopic (exact) mass is 250 g/mol. The Balaban J connectivity index is 2.31. The Morgan fingerprint density at radius 3 is 2.83 bits per heavy atom. The second-order valence-corrected chi connectivity index (χ2v) is 5.76. The van der Waals surface area contributed by atoms with Crippen molar-refractivity contribution in [1.82, 2.24) is 15.1 Å². The van der Waals surface area contributed by atoms with Gasteiger partial charge in [-0.3, -0.25) is 4.68 Å². The molecule has 0 spiro atoms. The van der Waals surface area contributed by atoms with E-state index < -0.39 is 0 Å². The minimum Gasteiger partial charge on any atom is -0.363 e. The average Bonchev–Trinajstić information content (AvgIpc) is 2.69. The van der Waals surface area contributed by atoms with Gasteiger partial charge in [-0.15, -0.1) is 0 Å². The molecule has 1 aliphatic heterocycles. The van der Waals surface area contributed by atoms with Crippen molar-refractivity contribution in [3.05, 3.63) is 11.9 Å². The van der Waals surface area contributed by atoms with Crippen LogP contribution >= 0.6 is 0 Å². The average molecular weight is 250 g/mol. The molecule has 2 heterocycles. The molecule has 1 aromatic heterocycles. The van der Waals surface area contributed by atoms with Crippen LogP contribution in [0.4, 0.5) is 5.69 Å². The standard InChI is InChI=1S/C14H26N4/c1-6-12-14(9-17(5)16-12)18-8-11(4)15-7-13(18)10(2)3/h9-11,13,15H,6-8H2,1-5H3. The number of aromatic nitrogens is 2. The van der Waals surface area contributed by atoms with Gasteiger partial charge in [0.15, 0.2) is 0 Å². The number of nitrogens with zero attached hydrogens (tertiary/aromatic N) is 3. The van der Waals surface area contributed by atoms with Crippen LogP contribution in [-0.4, -0.2) is 35.0 Å². The van der Waals surface area contributed by atoms with Crippen molar-refractivity contribution in [2.75, 3.05) is 18.0 Å². The van der Waals surface area contributed by atoms with Crippen molar-refractivity contribution in [2.45, 2.75) is 46.2 Å². The van der Waals surface area contributed by atoms with Crippen molar-refractivity contribution in [2.24, 2.45) is 13.0 Å². The Morgan fingerprint density at radius 1 is 1.50 bits per heavy atom. The van der Waals surface area contributed by atoms with Crippen LogP contribution in [0.15, 0.2) is 6.20 Å². The lowest BCUT2D eigenvalue weighted by Gasteiger charge is -2.42. The van der Waals surface area contributed by atoms with Gasteiger partial charge >= 0.3 is 0 Å². The molecule has 0 amide bonds. The third-order valence-electron chi connectivity index (χ3n) is 3.84. The van der Waals surface area contributed by atoms with Crippen molar-refractivity contribution >= 4 is 5.69 Å². The van der Waals surface area contributed by atoms with E-state index in [-0.39, 0.29) is 0 Å². The summed E-state index contributed by atoms with van der Waals surface area (Å²) >= 11 is 0. The number of piperazine rings is 1. The topological polar surface area (TPSA) is 33.1 Å². The quantitative estimate of drug-likeness (QED) is 0.888. The molecule has 0 saturated carbocycles. The van der Waals surface area contributed by atoms with Crippen molar-refractivity contribution in [1.29, 1.82) is 0 Å². The van der Waals surface area contributed by atoms with Crippen LogP contribution in [0, 0.1) is 5.92 Å². The van der Waals surface area contributed by atoms with E-state index in [9.17, 15) is 0 Å². The van der Waals surface area contributed by atoms with E-state index in [0.29, 0.717) is 18.0 Å². The molecule has 0 aromatic carbocycles. The third-order valence-corrected chi connectivity index (χ3v) is 3.84. The highest BCUT2D eigenvalue weighted by Crippen LogP contribution is 2.26. The number of rotatable bonds is 3. The molecule has 0 aliphatic carbocycles. The zero-order valence-corrected chi connectivity index (χ0v) is 12.3.